The summed E-state index contributed by atoms with van der Waals surface area (Å²) < 4.78 is 24.3. The van der Waals surface area contributed by atoms with Crippen LogP contribution >= 0.6 is 0 Å². The Hall–Kier alpha value is -3.22. The maximum atomic E-state index is 13.7. The van der Waals surface area contributed by atoms with Gasteiger partial charge in [0.25, 0.3) is 11.8 Å². The van der Waals surface area contributed by atoms with Gasteiger partial charge in [0, 0.05) is 20.0 Å². The van der Waals surface area contributed by atoms with Gasteiger partial charge < -0.3 is 14.2 Å². The molecular weight excluding hydrogens is 337 g/mol. The molecular formula is C19H18FN3O3. The van der Waals surface area contributed by atoms with Crippen LogP contribution in [0.4, 0.5) is 4.39 Å². The van der Waals surface area contributed by atoms with Gasteiger partial charge in [-0.1, -0.05) is 35.5 Å². The quantitative estimate of drug-likeness (QED) is 0.652. The molecule has 0 aliphatic heterocycles. The number of hydrogen-bond acceptors (Lipinski definition) is 5. The lowest BCUT2D eigenvalue weighted by Crippen LogP contribution is -2.33. The highest BCUT2D eigenvalue weighted by atomic mass is 19.1. The number of aromatic nitrogens is 2. The Bertz CT molecular complexity index is 867. The molecule has 0 saturated heterocycles. The van der Waals surface area contributed by atoms with Gasteiger partial charge in [0.05, 0.1) is 5.56 Å². The average molecular weight is 355 g/mol. The zero-order valence-corrected chi connectivity index (χ0v) is 14.3. The molecule has 1 aromatic heterocycles. The number of ether oxygens (including phenoxy) is 1. The predicted molar refractivity (Wildman–Crippen MR) is 93.0 cm³/mol. The molecule has 0 N–H and O–H groups in total. The molecule has 2 aromatic carbocycles. The molecule has 6 nitrogen and oxygen atoms in total. The average Bonchev–Trinajstić information content (AvgIpc) is 3.14. The Morgan fingerprint density at radius 3 is 2.65 bits per heavy atom. The molecule has 1 heterocycles. The summed E-state index contributed by atoms with van der Waals surface area (Å²) >= 11 is 0. The zero-order chi connectivity index (χ0) is 18.4. The van der Waals surface area contributed by atoms with E-state index in [0.717, 1.165) is 0 Å². The van der Waals surface area contributed by atoms with Gasteiger partial charge in [-0.3, -0.25) is 4.79 Å². The third-order valence-electron chi connectivity index (χ3n) is 3.77. The van der Waals surface area contributed by atoms with Crippen molar-refractivity contribution >= 4 is 5.91 Å². The third-order valence-corrected chi connectivity index (χ3v) is 3.77. The van der Waals surface area contributed by atoms with Gasteiger partial charge in [-0.05, 0) is 24.3 Å². The van der Waals surface area contributed by atoms with Crippen LogP contribution in [0.5, 0.6) is 5.75 Å². The van der Waals surface area contributed by atoms with Crippen LogP contribution in [0.1, 0.15) is 5.82 Å². The number of halogens is 1. The lowest BCUT2D eigenvalue weighted by molar-refractivity contribution is -0.132. The first-order chi connectivity index (χ1) is 12.6. The molecule has 0 aliphatic rings. The van der Waals surface area contributed by atoms with E-state index in [9.17, 15) is 9.18 Å². The van der Waals surface area contributed by atoms with Crippen LogP contribution in [0, 0.1) is 5.82 Å². The van der Waals surface area contributed by atoms with Gasteiger partial charge >= 0.3 is 0 Å². The molecule has 0 atom stereocenters. The number of benzene rings is 2. The van der Waals surface area contributed by atoms with E-state index in [1.54, 1.807) is 37.4 Å². The van der Waals surface area contributed by atoms with Gasteiger partial charge in [-0.15, -0.1) is 0 Å². The number of hydrogen-bond donors (Lipinski definition) is 0. The lowest BCUT2D eigenvalue weighted by atomic mass is 10.2. The van der Waals surface area contributed by atoms with Gasteiger partial charge in [0.15, 0.2) is 12.4 Å². The second-order valence-electron chi connectivity index (χ2n) is 5.66. The van der Waals surface area contributed by atoms with Gasteiger partial charge in [-0.25, -0.2) is 4.39 Å². The standard InChI is InChI=1S/C19H18FN3O3/c1-23(18(24)13-25-14-7-3-2-4-8-14)12-11-17-21-19(26-22-17)15-9-5-6-10-16(15)20/h2-10H,11-13H2,1H3. The second-order valence-corrected chi connectivity index (χ2v) is 5.66. The van der Waals surface area contributed by atoms with Crippen molar-refractivity contribution in [2.24, 2.45) is 0 Å². The highest BCUT2D eigenvalue weighted by Gasteiger charge is 2.15. The van der Waals surface area contributed by atoms with E-state index < -0.39 is 5.82 Å². The molecule has 0 aliphatic carbocycles. The normalized spacial score (nSPS) is 10.5. The van der Waals surface area contributed by atoms with Crippen LogP contribution in [0.3, 0.4) is 0 Å². The number of carbonyl (C=O) groups excluding carboxylic acids is 1. The minimum absolute atomic E-state index is 0.0484. The Morgan fingerprint density at radius 1 is 1.15 bits per heavy atom. The number of rotatable bonds is 7. The highest BCUT2D eigenvalue weighted by molar-refractivity contribution is 5.77. The third kappa shape index (κ3) is 4.44. The topological polar surface area (TPSA) is 68.5 Å². The van der Waals surface area contributed by atoms with Crippen LogP contribution in [-0.4, -0.2) is 41.1 Å². The maximum absolute atomic E-state index is 13.7. The number of nitrogens with zero attached hydrogens (tertiary/aromatic N) is 3. The molecule has 134 valence electrons. The summed E-state index contributed by atoms with van der Waals surface area (Å²) in [5.41, 5.74) is 0.256. The summed E-state index contributed by atoms with van der Waals surface area (Å²) in [5.74, 6) is 0.591. The first-order valence-electron chi connectivity index (χ1n) is 8.13. The second kappa shape index (κ2) is 8.24. The van der Waals surface area contributed by atoms with Crippen LogP contribution < -0.4 is 4.74 Å². The van der Waals surface area contributed by atoms with Crippen molar-refractivity contribution in [1.29, 1.82) is 0 Å². The molecule has 0 bridgehead atoms. The number of likely N-dealkylation sites (N-methyl/N-ethyl adjacent to an activating group) is 1. The summed E-state index contributed by atoms with van der Waals surface area (Å²) in [6.45, 7) is 0.348. The van der Waals surface area contributed by atoms with Crippen molar-refractivity contribution in [2.75, 3.05) is 20.2 Å². The minimum Gasteiger partial charge on any atom is -0.484 e. The molecule has 26 heavy (non-hydrogen) atoms. The first-order valence-corrected chi connectivity index (χ1v) is 8.13. The van der Waals surface area contributed by atoms with Crippen molar-refractivity contribution in [3.8, 4) is 17.2 Å². The number of carbonyl (C=O) groups is 1. The Balaban J connectivity index is 1.51. The fourth-order valence-electron chi connectivity index (χ4n) is 2.26. The van der Waals surface area contributed by atoms with Gasteiger partial charge in [0.2, 0.25) is 0 Å². The monoisotopic (exact) mass is 355 g/mol. The Kier molecular flexibility index (Phi) is 5.58. The fourth-order valence-corrected chi connectivity index (χ4v) is 2.26. The van der Waals surface area contributed by atoms with E-state index in [4.69, 9.17) is 9.26 Å². The van der Waals surface area contributed by atoms with Crippen LogP contribution in [-0.2, 0) is 11.2 Å². The fraction of sp³-hybridized carbons (Fsp3) is 0.211. The molecule has 0 spiro atoms. The molecule has 7 heteroatoms. The minimum atomic E-state index is -0.423. The smallest absolute Gasteiger partial charge is 0.260 e. The van der Waals surface area contributed by atoms with E-state index in [1.807, 2.05) is 18.2 Å². The summed E-state index contributed by atoms with van der Waals surface area (Å²) in [6.07, 6.45) is 0.394. The van der Waals surface area contributed by atoms with Crippen molar-refractivity contribution in [3.05, 3.63) is 66.2 Å². The first kappa shape index (κ1) is 17.6. The molecule has 3 aromatic rings. The summed E-state index contributed by atoms with van der Waals surface area (Å²) in [6, 6.07) is 15.3. The summed E-state index contributed by atoms with van der Waals surface area (Å²) in [5, 5.41) is 3.84. The van der Waals surface area contributed by atoms with E-state index in [1.165, 1.54) is 11.0 Å². The molecule has 1 amide bonds. The van der Waals surface area contributed by atoms with E-state index in [0.29, 0.717) is 24.5 Å². The predicted octanol–water partition coefficient (Wildman–Crippen LogP) is 2.96. The van der Waals surface area contributed by atoms with Crippen LogP contribution in [0.15, 0.2) is 59.1 Å². The maximum Gasteiger partial charge on any atom is 0.260 e. The zero-order valence-electron chi connectivity index (χ0n) is 14.3. The SMILES string of the molecule is CN(CCc1noc(-c2ccccc2F)n1)C(=O)COc1ccccc1. The van der Waals surface area contributed by atoms with Crippen molar-refractivity contribution < 1.29 is 18.4 Å². The molecule has 3 rings (SSSR count). The Morgan fingerprint density at radius 2 is 1.88 bits per heavy atom. The Labute approximate surface area is 150 Å². The van der Waals surface area contributed by atoms with E-state index in [2.05, 4.69) is 10.1 Å². The van der Waals surface area contributed by atoms with Crippen LogP contribution in [0.25, 0.3) is 11.5 Å². The van der Waals surface area contributed by atoms with Crippen molar-refractivity contribution in [2.45, 2.75) is 6.42 Å². The molecule has 0 saturated carbocycles. The highest BCUT2D eigenvalue weighted by Crippen LogP contribution is 2.20. The number of para-hydroxylation sites is 1. The summed E-state index contributed by atoms with van der Waals surface area (Å²) in [7, 11) is 1.68. The lowest BCUT2D eigenvalue weighted by Gasteiger charge is -2.16. The van der Waals surface area contributed by atoms with E-state index in [-0.39, 0.29) is 24.0 Å². The molecule has 0 radical (unpaired) electrons. The van der Waals surface area contributed by atoms with Crippen molar-refractivity contribution in [1.82, 2.24) is 15.0 Å². The summed E-state index contributed by atoms with van der Waals surface area (Å²) in [4.78, 5) is 17.8. The largest absolute Gasteiger partial charge is 0.484 e. The van der Waals surface area contributed by atoms with Crippen LogP contribution in [0.2, 0.25) is 0 Å². The number of amides is 1. The van der Waals surface area contributed by atoms with Crippen molar-refractivity contribution in [3.63, 3.8) is 0 Å². The molecule has 0 fully saturated rings. The molecule has 0 unspecified atom stereocenters. The van der Waals surface area contributed by atoms with E-state index >= 15 is 0 Å². The van der Waals surface area contributed by atoms with Gasteiger partial charge in [-0.2, -0.15) is 4.98 Å². The van der Waals surface area contributed by atoms with Gasteiger partial charge in [0.1, 0.15) is 11.6 Å².